The molecule has 186 valence electrons. The summed E-state index contributed by atoms with van der Waals surface area (Å²) in [6.45, 7) is 7.90. The van der Waals surface area contributed by atoms with Gasteiger partial charge in [0.25, 0.3) is 10.0 Å². The Morgan fingerprint density at radius 3 is 2.20 bits per heavy atom. The molecule has 1 amide bonds. The standard InChI is InChI=1S/C28H34N2O4S/c1-5-34-27-14-10-9-13-26(27)30(35(32,33)24-17-15-22(4)16-18-24)20-28(31)29-25(19-21(2)3)23-11-7-6-8-12-23/h6-18,21,25H,5,19-20H2,1-4H3,(H,29,31). The van der Waals surface area contributed by atoms with E-state index in [0.717, 1.165) is 21.9 Å². The van der Waals surface area contributed by atoms with Crippen molar-refractivity contribution in [1.82, 2.24) is 5.32 Å². The molecule has 0 radical (unpaired) electrons. The summed E-state index contributed by atoms with van der Waals surface area (Å²) in [5, 5.41) is 3.06. The molecule has 0 heterocycles. The summed E-state index contributed by atoms with van der Waals surface area (Å²) >= 11 is 0. The smallest absolute Gasteiger partial charge is 0.264 e. The molecule has 0 aliphatic carbocycles. The molecule has 0 fully saturated rings. The summed E-state index contributed by atoms with van der Waals surface area (Å²) in [4.78, 5) is 13.5. The molecule has 1 N–H and O–H groups in total. The maximum atomic E-state index is 13.8. The lowest BCUT2D eigenvalue weighted by atomic mass is 9.97. The van der Waals surface area contributed by atoms with Crippen LogP contribution >= 0.6 is 0 Å². The summed E-state index contributed by atoms with van der Waals surface area (Å²) in [5.41, 5.74) is 2.25. The molecule has 3 rings (SSSR count). The molecule has 0 saturated heterocycles. The van der Waals surface area contributed by atoms with Gasteiger partial charge in [0.05, 0.1) is 23.2 Å². The highest BCUT2D eigenvalue weighted by Crippen LogP contribution is 2.32. The Kier molecular flexibility index (Phi) is 8.93. The summed E-state index contributed by atoms with van der Waals surface area (Å²) < 4.78 is 34.4. The van der Waals surface area contributed by atoms with Crippen LogP contribution in [0, 0.1) is 12.8 Å². The van der Waals surface area contributed by atoms with E-state index in [2.05, 4.69) is 19.2 Å². The molecule has 3 aromatic rings. The Labute approximate surface area is 209 Å². The molecule has 0 bridgehead atoms. The average molecular weight is 495 g/mol. The maximum absolute atomic E-state index is 13.8. The van der Waals surface area contributed by atoms with Crippen molar-refractivity contribution in [2.75, 3.05) is 17.5 Å². The number of hydrogen-bond acceptors (Lipinski definition) is 4. The second-order valence-corrected chi connectivity index (χ2v) is 10.7. The Bertz CT molecular complexity index is 1210. The predicted molar refractivity (Wildman–Crippen MR) is 140 cm³/mol. The lowest BCUT2D eigenvalue weighted by molar-refractivity contribution is -0.120. The van der Waals surface area contributed by atoms with Crippen LogP contribution in [0.1, 0.15) is 44.4 Å². The van der Waals surface area contributed by atoms with Gasteiger partial charge in [-0.1, -0.05) is 74.0 Å². The number of aryl methyl sites for hydroxylation is 1. The number of hydrogen-bond donors (Lipinski definition) is 1. The predicted octanol–water partition coefficient (Wildman–Crippen LogP) is 5.49. The molecule has 0 aliphatic rings. The van der Waals surface area contributed by atoms with Crippen LogP contribution in [-0.4, -0.2) is 27.5 Å². The van der Waals surface area contributed by atoms with Gasteiger partial charge in [-0.25, -0.2) is 8.42 Å². The van der Waals surface area contributed by atoms with E-state index in [4.69, 9.17) is 4.74 Å². The molecule has 6 nitrogen and oxygen atoms in total. The van der Waals surface area contributed by atoms with Gasteiger partial charge in [-0.2, -0.15) is 0 Å². The van der Waals surface area contributed by atoms with Gasteiger partial charge in [-0.3, -0.25) is 9.10 Å². The number of nitrogens with one attached hydrogen (secondary N) is 1. The SMILES string of the molecule is CCOc1ccccc1N(CC(=O)NC(CC(C)C)c1ccccc1)S(=O)(=O)c1ccc(C)cc1. The maximum Gasteiger partial charge on any atom is 0.264 e. The van der Waals surface area contributed by atoms with Crippen LogP contribution < -0.4 is 14.4 Å². The van der Waals surface area contributed by atoms with Gasteiger partial charge in [0.2, 0.25) is 5.91 Å². The Hall–Kier alpha value is -3.32. The zero-order valence-electron chi connectivity index (χ0n) is 20.8. The zero-order chi connectivity index (χ0) is 25.4. The van der Waals surface area contributed by atoms with Crippen LogP contribution in [0.15, 0.2) is 83.8 Å². The van der Waals surface area contributed by atoms with Crippen LogP contribution in [0.5, 0.6) is 5.75 Å². The molecular weight excluding hydrogens is 460 g/mol. The van der Waals surface area contributed by atoms with E-state index in [1.807, 2.05) is 44.2 Å². The summed E-state index contributed by atoms with van der Waals surface area (Å²) in [7, 11) is -4.04. The zero-order valence-corrected chi connectivity index (χ0v) is 21.6. The highest BCUT2D eigenvalue weighted by molar-refractivity contribution is 7.92. The first kappa shape index (κ1) is 26.3. The van der Waals surface area contributed by atoms with Crippen LogP contribution in [0.3, 0.4) is 0 Å². The molecule has 0 saturated carbocycles. The fourth-order valence-electron chi connectivity index (χ4n) is 3.88. The Morgan fingerprint density at radius 1 is 0.943 bits per heavy atom. The number of anilines is 1. The first-order chi connectivity index (χ1) is 16.7. The van der Waals surface area contributed by atoms with E-state index in [-0.39, 0.29) is 23.4 Å². The van der Waals surface area contributed by atoms with E-state index in [0.29, 0.717) is 24.0 Å². The van der Waals surface area contributed by atoms with Crippen LogP contribution in [-0.2, 0) is 14.8 Å². The first-order valence-electron chi connectivity index (χ1n) is 11.9. The van der Waals surface area contributed by atoms with Gasteiger partial charge in [0.15, 0.2) is 0 Å². The number of carbonyl (C=O) groups excluding carboxylic acids is 1. The molecule has 1 unspecified atom stereocenters. The minimum atomic E-state index is -4.04. The second kappa shape index (κ2) is 11.9. The normalized spacial score (nSPS) is 12.3. The van der Waals surface area contributed by atoms with E-state index in [9.17, 15) is 13.2 Å². The van der Waals surface area contributed by atoms with Gasteiger partial charge in [-0.05, 0) is 56.0 Å². The second-order valence-electron chi connectivity index (χ2n) is 8.89. The lowest BCUT2D eigenvalue weighted by Crippen LogP contribution is -2.42. The number of benzene rings is 3. The van der Waals surface area contributed by atoms with Crippen LogP contribution in [0.25, 0.3) is 0 Å². The first-order valence-corrected chi connectivity index (χ1v) is 13.3. The summed E-state index contributed by atoms with van der Waals surface area (Å²) in [6.07, 6.45) is 0.732. The van der Waals surface area contributed by atoms with Gasteiger partial charge >= 0.3 is 0 Å². The summed E-state index contributed by atoms with van der Waals surface area (Å²) in [6, 6.07) is 23.0. The van der Waals surface area contributed by atoms with E-state index in [1.165, 1.54) is 0 Å². The van der Waals surface area contributed by atoms with Crippen molar-refractivity contribution in [3.05, 3.63) is 90.0 Å². The molecule has 7 heteroatoms. The number of carbonyl (C=O) groups is 1. The topological polar surface area (TPSA) is 75.7 Å². The molecular formula is C28H34N2O4S. The van der Waals surface area contributed by atoms with Gasteiger partial charge < -0.3 is 10.1 Å². The number of para-hydroxylation sites is 2. The number of sulfonamides is 1. The molecule has 3 aromatic carbocycles. The molecule has 0 aromatic heterocycles. The molecule has 0 aliphatic heterocycles. The van der Waals surface area contributed by atoms with E-state index < -0.39 is 10.0 Å². The minimum absolute atomic E-state index is 0.115. The van der Waals surface area contributed by atoms with Crippen molar-refractivity contribution in [3.8, 4) is 5.75 Å². The van der Waals surface area contributed by atoms with Gasteiger partial charge in [0.1, 0.15) is 12.3 Å². The molecule has 1 atom stereocenters. The largest absolute Gasteiger partial charge is 0.492 e. The van der Waals surface area contributed by atoms with Gasteiger partial charge in [0, 0.05) is 0 Å². The Morgan fingerprint density at radius 2 is 1.57 bits per heavy atom. The van der Waals surface area contributed by atoms with Crippen molar-refractivity contribution in [3.63, 3.8) is 0 Å². The van der Waals surface area contributed by atoms with Crippen molar-refractivity contribution in [2.45, 2.75) is 45.1 Å². The fraction of sp³-hybridized carbons (Fsp3) is 0.321. The third-order valence-corrected chi connectivity index (χ3v) is 7.35. The number of rotatable bonds is 11. The average Bonchev–Trinajstić information content (AvgIpc) is 2.83. The number of nitrogens with zero attached hydrogens (tertiary/aromatic N) is 1. The number of ether oxygens (including phenoxy) is 1. The summed E-state index contributed by atoms with van der Waals surface area (Å²) in [5.74, 6) is 0.355. The molecule has 35 heavy (non-hydrogen) atoms. The molecule has 0 spiro atoms. The van der Waals surface area contributed by atoms with Crippen molar-refractivity contribution >= 4 is 21.6 Å². The Balaban J connectivity index is 1.98. The monoisotopic (exact) mass is 494 g/mol. The van der Waals surface area contributed by atoms with Crippen molar-refractivity contribution in [2.24, 2.45) is 5.92 Å². The van der Waals surface area contributed by atoms with Crippen molar-refractivity contribution in [1.29, 1.82) is 0 Å². The highest BCUT2D eigenvalue weighted by atomic mass is 32.2. The highest BCUT2D eigenvalue weighted by Gasteiger charge is 2.30. The van der Waals surface area contributed by atoms with Crippen molar-refractivity contribution < 1.29 is 17.9 Å². The fourth-order valence-corrected chi connectivity index (χ4v) is 5.31. The quantitative estimate of drug-likeness (QED) is 0.382. The van der Waals surface area contributed by atoms with E-state index in [1.54, 1.807) is 48.5 Å². The minimum Gasteiger partial charge on any atom is -0.492 e. The van der Waals surface area contributed by atoms with Crippen LogP contribution in [0.2, 0.25) is 0 Å². The van der Waals surface area contributed by atoms with Gasteiger partial charge in [-0.15, -0.1) is 0 Å². The third-order valence-electron chi connectivity index (χ3n) is 5.57. The van der Waals surface area contributed by atoms with Crippen LogP contribution in [0.4, 0.5) is 5.69 Å². The number of amides is 1. The third kappa shape index (κ3) is 6.85. The van der Waals surface area contributed by atoms with E-state index >= 15 is 0 Å². The lowest BCUT2D eigenvalue weighted by Gasteiger charge is -2.27.